The van der Waals surface area contributed by atoms with Crippen LogP contribution in [0.1, 0.15) is 30.1 Å². The highest BCUT2D eigenvalue weighted by Crippen LogP contribution is 2.21. The van der Waals surface area contributed by atoms with Crippen LogP contribution in [-0.2, 0) is 14.8 Å². The zero-order chi connectivity index (χ0) is 22.3. The number of piperazine rings is 1. The van der Waals surface area contributed by atoms with Crippen molar-refractivity contribution in [3.05, 3.63) is 46.7 Å². The van der Waals surface area contributed by atoms with Crippen molar-refractivity contribution in [2.45, 2.75) is 24.7 Å². The largest absolute Gasteiger partial charge is 0.352 e. The number of carbonyl (C=O) groups excluding carboxylic acids is 2. The molecule has 1 aliphatic heterocycles. The topological polar surface area (TPSA) is 98.8 Å². The standard InChI is InChI=1S/C21H28N4O4S2/c1-2-24-10-12-25(13-11-24)31(28,29)19-6-3-5-18(15-19)23-20(26)7-4-9-22-21(27)17-8-14-30-16-17/h3,5-6,8,14-16H,2,4,7,9-13H2,1H3,(H,22,27)(H,23,26). The molecule has 2 heterocycles. The first-order valence-corrected chi connectivity index (χ1v) is 12.7. The van der Waals surface area contributed by atoms with E-state index in [1.165, 1.54) is 21.7 Å². The number of hydrogen-bond acceptors (Lipinski definition) is 6. The molecule has 1 saturated heterocycles. The monoisotopic (exact) mass is 464 g/mol. The summed E-state index contributed by atoms with van der Waals surface area (Å²) in [4.78, 5) is 26.5. The molecule has 2 N–H and O–H groups in total. The third kappa shape index (κ3) is 6.36. The van der Waals surface area contributed by atoms with E-state index in [0.29, 0.717) is 37.3 Å². The van der Waals surface area contributed by atoms with E-state index in [9.17, 15) is 18.0 Å². The molecule has 0 bridgehead atoms. The molecule has 3 rings (SSSR count). The van der Waals surface area contributed by atoms with Crippen molar-refractivity contribution in [2.75, 3.05) is 44.6 Å². The van der Waals surface area contributed by atoms with E-state index in [0.717, 1.165) is 19.6 Å². The van der Waals surface area contributed by atoms with Gasteiger partial charge in [0.05, 0.1) is 4.90 Å². The van der Waals surface area contributed by atoms with Gasteiger partial charge < -0.3 is 15.5 Å². The number of anilines is 1. The molecule has 168 valence electrons. The maximum absolute atomic E-state index is 12.9. The molecular formula is C21H28N4O4S2. The van der Waals surface area contributed by atoms with Crippen LogP contribution in [0.25, 0.3) is 0 Å². The van der Waals surface area contributed by atoms with E-state index in [-0.39, 0.29) is 23.1 Å². The Balaban J connectivity index is 1.49. The fraction of sp³-hybridized carbons (Fsp3) is 0.429. The Bertz CT molecular complexity index is 985. The Hall–Kier alpha value is -2.27. The van der Waals surface area contributed by atoms with Crippen molar-refractivity contribution in [3.8, 4) is 0 Å². The SMILES string of the molecule is CCN1CCN(S(=O)(=O)c2cccc(NC(=O)CCCNC(=O)c3ccsc3)c2)CC1. The maximum atomic E-state index is 12.9. The second-order valence-electron chi connectivity index (χ2n) is 7.29. The van der Waals surface area contributed by atoms with Gasteiger partial charge in [-0.25, -0.2) is 8.42 Å². The molecule has 1 fully saturated rings. The van der Waals surface area contributed by atoms with Gasteiger partial charge in [0.2, 0.25) is 15.9 Å². The Morgan fingerprint density at radius 1 is 1.13 bits per heavy atom. The fourth-order valence-corrected chi connectivity index (χ4v) is 5.44. The number of rotatable bonds is 9. The Labute approximate surface area is 187 Å². The van der Waals surface area contributed by atoms with Crippen molar-refractivity contribution >= 4 is 38.9 Å². The first kappa shape index (κ1) is 23.4. The van der Waals surface area contributed by atoms with Crippen LogP contribution in [0.4, 0.5) is 5.69 Å². The summed E-state index contributed by atoms with van der Waals surface area (Å²) in [5.41, 5.74) is 1.06. The molecule has 31 heavy (non-hydrogen) atoms. The molecule has 0 atom stereocenters. The zero-order valence-electron chi connectivity index (χ0n) is 17.5. The van der Waals surface area contributed by atoms with Gasteiger partial charge in [-0.05, 0) is 42.6 Å². The van der Waals surface area contributed by atoms with Gasteiger partial charge in [0.25, 0.3) is 5.91 Å². The molecule has 1 aromatic carbocycles. The van der Waals surface area contributed by atoms with Gasteiger partial charge in [-0.2, -0.15) is 15.6 Å². The average Bonchev–Trinajstić information content (AvgIpc) is 3.32. The molecule has 8 nitrogen and oxygen atoms in total. The third-order valence-corrected chi connectivity index (χ3v) is 7.76. The zero-order valence-corrected chi connectivity index (χ0v) is 19.2. The van der Waals surface area contributed by atoms with E-state index in [4.69, 9.17) is 0 Å². The van der Waals surface area contributed by atoms with Crippen LogP contribution < -0.4 is 10.6 Å². The van der Waals surface area contributed by atoms with E-state index in [1.807, 2.05) is 5.38 Å². The summed E-state index contributed by atoms with van der Waals surface area (Å²) in [5.74, 6) is -0.379. The van der Waals surface area contributed by atoms with Gasteiger partial charge in [0.1, 0.15) is 0 Å². The van der Waals surface area contributed by atoms with Crippen LogP contribution in [0.2, 0.25) is 0 Å². The molecule has 0 saturated carbocycles. The molecule has 2 aromatic rings. The van der Waals surface area contributed by atoms with E-state index in [2.05, 4.69) is 22.5 Å². The molecule has 2 amide bonds. The van der Waals surface area contributed by atoms with Crippen molar-refractivity contribution in [3.63, 3.8) is 0 Å². The first-order valence-electron chi connectivity index (χ1n) is 10.3. The minimum atomic E-state index is -3.60. The van der Waals surface area contributed by atoms with Gasteiger partial charge in [0.15, 0.2) is 0 Å². The molecule has 0 spiro atoms. The summed E-state index contributed by atoms with van der Waals surface area (Å²) in [6, 6.07) is 8.10. The number of sulfonamides is 1. The van der Waals surface area contributed by atoms with Crippen LogP contribution in [0.15, 0.2) is 46.0 Å². The Morgan fingerprint density at radius 2 is 1.90 bits per heavy atom. The van der Waals surface area contributed by atoms with Gasteiger partial charge in [0, 0.05) is 55.8 Å². The minimum absolute atomic E-state index is 0.153. The second kappa shape index (κ2) is 10.9. The van der Waals surface area contributed by atoms with E-state index >= 15 is 0 Å². The number of likely N-dealkylation sites (N-methyl/N-ethyl adjacent to an activating group) is 1. The lowest BCUT2D eigenvalue weighted by molar-refractivity contribution is -0.116. The number of nitrogens with zero attached hydrogens (tertiary/aromatic N) is 2. The minimum Gasteiger partial charge on any atom is -0.352 e. The molecule has 10 heteroatoms. The van der Waals surface area contributed by atoms with Gasteiger partial charge in [-0.15, -0.1) is 0 Å². The molecule has 1 aromatic heterocycles. The van der Waals surface area contributed by atoms with Crippen LogP contribution >= 0.6 is 11.3 Å². The number of carbonyl (C=O) groups is 2. The number of benzene rings is 1. The van der Waals surface area contributed by atoms with Crippen molar-refractivity contribution in [2.24, 2.45) is 0 Å². The number of hydrogen-bond donors (Lipinski definition) is 2. The highest BCUT2D eigenvalue weighted by atomic mass is 32.2. The smallest absolute Gasteiger partial charge is 0.252 e. The van der Waals surface area contributed by atoms with Gasteiger partial charge in [-0.1, -0.05) is 13.0 Å². The summed E-state index contributed by atoms with van der Waals surface area (Å²) < 4.78 is 27.4. The quantitative estimate of drug-likeness (QED) is 0.555. The van der Waals surface area contributed by atoms with Crippen LogP contribution in [0.3, 0.4) is 0 Å². The lowest BCUT2D eigenvalue weighted by Crippen LogP contribution is -2.48. The summed E-state index contributed by atoms with van der Waals surface area (Å²) in [6.07, 6.45) is 0.710. The predicted octanol–water partition coefficient (Wildman–Crippen LogP) is 2.22. The molecule has 1 aliphatic rings. The molecule has 0 radical (unpaired) electrons. The summed E-state index contributed by atoms with van der Waals surface area (Å²) >= 11 is 1.45. The van der Waals surface area contributed by atoms with Crippen LogP contribution in [0, 0.1) is 0 Å². The lowest BCUT2D eigenvalue weighted by atomic mass is 10.2. The average molecular weight is 465 g/mol. The predicted molar refractivity (Wildman–Crippen MR) is 122 cm³/mol. The third-order valence-electron chi connectivity index (χ3n) is 5.18. The molecule has 0 unspecified atom stereocenters. The van der Waals surface area contributed by atoms with E-state index < -0.39 is 10.0 Å². The molecule has 0 aliphatic carbocycles. The van der Waals surface area contributed by atoms with Crippen LogP contribution in [0.5, 0.6) is 0 Å². The maximum Gasteiger partial charge on any atom is 0.252 e. The number of amides is 2. The van der Waals surface area contributed by atoms with Crippen molar-refractivity contribution in [1.29, 1.82) is 0 Å². The molecular weight excluding hydrogens is 436 g/mol. The van der Waals surface area contributed by atoms with Crippen molar-refractivity contribution < 1.29 is 18.0 Å². The Morgan fingerprint density at radius 3 is 2.58 bits per heavy atom. The highest BCUT2D eigenvalue weighted by Gasteiger charge is 2.28. The summed E-state index contributed by atoms with van der Waals surface area (Å²) in [5, 5.41) is 9.13. The normalized spacial score (nSPS) is 15.5. The Kier molecular flexibility index (Phi) is 8.19. The van der Waals surface area contributed by atoms with Gasteiger partial charge >= 0.3 is 0 Å². The van der Waals surface area contributed by atoms with E-state index in [1.54, 1.807) is 29.6 Å². The number of thiophene rings is 1. The fourth-order valence-electron chi connectivity index (χ4n) is 3.34. The summed E-state index contributed by atoms with van der Waals surface area (Å²) in [6.45, 7) is 5.72. The highest BCUT2D eigenvalue weighted by molar-refractivity contribution is 7.89. The van der Waals surface area contributed by atoms with Crippen LogP contribution in [-0.4, -0.2) is 68.7 Å². The second-order valence-corrected chi connectivity index (χ2v) is 10.0. The first-order chi connectivity index (χ1) is 14.9. The van der Waals surface area contributed by atoms with Gasteiger partial charge in [-0.3, -0.25) is 9.59 Å². The van der Waals surface area contributed by atoms with Crippen molar-refractivity contribution in [1.82, 2.24) is 14.5 Å². The number of nitrogens with one attached hydrogen (secondary N) is 2. The summed E-state index contributed by atoms with van der Waals surface area (Å²) in [7, 11) is -3.60. The lowest BCUT2D eigenvalue weighted by Gasteiger charge is -2.33.